The third kappa shape index (κ3) is 4.43. The van der Waals surface area contributed by atoms with Crippen LogP contribution in [0.4, 0.5) is 0 Å². The Morgan fingerprint density at radius 3 is 2.82 bits per heavy atom. The Kier molecular flexibility index (Phi) is 6.20. The predicted octanol–water partition coefficient (Wildman–Crippen LogP) is 4.05. The number of amides is 1. The quantitative estimate of drug-likeness (QED) is 0.786. The summed E-state index contributed by atoms with van der Waals surface area (Å²) >= 11 is 6.99. The summed E-state index contributed by atoms with van der Waals surface area (Å²) in [4.78, 5) is 12.3. The lowest BCUT2D eigenvalue weighted by Crippen LogP contribution is -2.29. The summed E-state index contributed by atoms with van der Waals surface area (Å²) in [6, 6.07) is 5.70. The normalized spacial score (nSPS) is 12.2. The molecule has 0 saturated heterocycles. The third-order valence-corrected chi connectivity index (χ3v) is 4.36. The SMILES string of the molecule is CCCC(Br)CNC(=O)c1cccc(C)c1Br. The van der Waals surface area contributed by atoms with Crippen LogP contribution in [0.5, 0.6) is 0 Å². The highest BCUT2D eigenvalue weighted by Gasteiger charge is 2.12. The maximum absolute atomic E-state index is 12.0. The van der Waals surface area contributed by atoms with Crippen LogP contribution >= 0.6 is 31.9 Å². The Hall–Kier alpha value is -0.350. The molecular weight excluding hydrogens is 346 g/mol. The van der Waals surface area contributed by atoms with Gasteiger partial charge in [0.15, 0.2) is 0 Å². The van der Waals surface area contributed by atoms with Crippen LogP contribution < -0.4 is 5.32 Å². The molecule has 0 aliphatic heterocycles. The van der Waals surface area contributed by atoms with E-state index in [1.54, 1.807) is 0 Å². The number of halogens is 2. The fraction of sp³-hybridized carbons (Fsp3) is 0.462. The fourth-order valence-corrected chi connectivity index (χ4v) is 2.60. The first-order valence-electron chi connectivity index (χ1n) is 5.73. The van der Waals surface area contributed by atoms with Crippen LogP contribution in [0.2, 0.25) is 0 Å². The molecule has 1 rings (SSSR count). The van der Waals surface area contributed by atoms with Gasteiger partial charge in [-0.05, 0) is 40.9 Å². The summed E-state index contributed by atoms with van der Waals surface area (Å²) in [5.41, 5.74) is 1.77. The van der Waals surface area contributed by atoms with Gasteiger partial charge >= 0.3 is 0 Å². The number of benzene rings is 1. The van der Waals surface area contributed by atoms with Gasteiger partial charge in [-0.2, -0.15) is 0 Å². The van der Waals surface area contributed by atoms with E-state index in [-0.39, 0.29) is 5.91 Å². The molecule has 1 aromatic rings. The van der Waals surface area contributed by atoms with Crippen LogP contribution in [0.15, 0.2) is 22.7 Å². The monoisotopic (exact) mass is 361 g/mol. The van der Waals surface area contributed by atoms with E-state index < -0.39 is 0 Å². The van der Waals surface area contributed by atoms with Crippen LogP contribution in [-0.4, -0.2) is 17.3 Å². The minimum Gasteiger partial charge on any atom is -0.351 e. The lowest BCUT2D eigenvalue weighted by molar-refractivity contribution is 0.0953. The molecule has 4 heteroatoms. The Bertz CT molecular complexity index is 393. The molecule has 0 spiro atoms. The lowest BCUT2D eigenvalue weighted by Gasteiger charge is -2.11. The molecule has 0 aromatic heterocycles. The first kappa shape index (κ1) is 14.7. The zero-order chi connectivity index (χ0) is 12.8. The molecule has 0 radical (unpaired) electrons. The standard InChI is InChI=1S/C13H17Br2NO/c1-3-5-10(14)8-16-13(17)11-7-4-6-9(2)12(11)15/h4,6-7,10H,3,5,8H2,1-2H3,(H,16,17). The van der Waals surface area contributed by atoms with Crippen molar-refractivity contribution < 1.29 is 4.79 Å². The molecule has 1 atom stereocenters. The van der Waals surface area contributed by atoms with E-state index in [0.717, 1.165) is 22.9 Å². The summed E-state index contributed by atoms with van der Waals surface area (Å²) in [6.07, 6.45) is 2.18. The van der Waals surface area contributed by atoms with Crippen molar-refractivity contribution in [2.75, 3.05) is 6.54 Å². The van der Waals surface area contributed by atoms with E-state index in [9.17, 15) is 4.79 Å². The highest BCUT2D eigenvalue weighted by atomic mass is 79.9. The molecule has 0 aliphatic carbocycles. The number of alkyl halides is 1. The van der Waals surface area contributed by atoms with Crippen molar-refractivity contribution in [3.63, 3.8) is 0 Å². The van der Waals surface area contributed by atoms with Crippen molar-refractivity contribution >= 4 is 37.8 Å². The second kappa shape index (κ2) is 7.17. The van der Waals surface area contributed by atoms with Gasteiger partial charge < -0.3 is 5.32 Å². The fourth-order valence-electron chi connectivity index (χ4n) is 1.54. The molecule has 1 amide bonds. The zero-order valence-corrected chi connectivity index (χ0v) is 13.3. The van der Waals surface area contributed by atoms with Crippen LogP contribution in [0.3, 0.4) is 0 Å². The summed E-state index contributed by atoms with van der Waals surface area (Å²) in [7, 11) is 0. The number of nitrogens with one attached hydrogen (secondary N) is 1. The Labute approximate surface area is 119 Å². The second-order valence-electron chi connectivity index (χ2n) is 4.03. The first-order chi connectivity index (χ1) is 8.06. The van der Waals surface area contributed by atoms with Gasteiger partial charge in [0.05, 0.1) is 5.56 Å². The number of hydrogen-bond donors (Lipinski definition) is 1. The minimum absolute atomic E-state index is 0.0267. The third-order valence-electron chi connectivity index (χ3n) is 2.52. The van der Waals surface area contributed by atoms with Crippen molar-refractivity contribution in [2.24, 2.45) is 0 Å². The number of hydrogen-bond acceptors (Lipinski definition) is 1. The van der Waals surface area contributed by atoms with Crippen LogP contribution in [0.1, 0.15) is 35.7 Å². The van der Waals surface area contributed by atoms with E-state index in [2.05, 4.69) is 44.1 Å². The highest BCUT2D eigenvalue weighted by Crippen LogP contribution is 2.20. The predicted molar refractivity (Wildman–Crippen MR) is 78.8 cm³/mol. The van der Waals surface area contributed by atoms with E-state index in [1.807, 2.05) is 25.1 Å². The smallest absolute Gasteiger partial charge is 0.252 e. The van der Waals surface area contributed by atoms with Crippen LogP contribution in [0.25, 0.3) is 0 Å². The topological polar surface area (TPSA) is 29.1 Å². The van der Waals surface area contributed by atoms with E-state index >= 15 is 0 Å². The summed E-state index contributed by atoms with van der Waals surface area (Å²) < 4.78 is 0.874. The lowest BCUT2D eigenvalue weighted by atomic mass is 10.1. The van der Waals surface area contributed by atoms with Gasteiger partial charge in [-0.3, -0.25) is 4.79 Å². The molecule has 1 N–H and O–H groups in total. The van der Waals surface area contributed by atoms with Crippen molar-refractivity contribution in [1.29, 1.82) is 0 Å². The molecule has 2 nitrogen and oxygen atoms in total. The van der Waals surface area contributed by atoms with E-state index in [1.165, 1.54) is 0 Å². The molecule has 94 valence electrons. The minimum atomic E-state index is -0.0267. The number of carbonyl (C=O) groups excluding carboxylic acids is 1. The Morgan fingerprint density at radius 2 is 2.18 bits per heavy atom. The Balaban J connectivity index is 2.61. The summed E-state index contributed by atoms with van der Waals surface area (Å²) in [6.45, 7) is 4.77. The summed E-state index contributed by atoms with van der Waals surface area (Å²) in [5.74, 6) is -0.0267. The van der Waals surface area contributed by atoms with Gasteiger partial charge in [0.1, 0.15) is 0 Å². The molecule has 0 fully saturated rings. The first-order valence-corrected chi connectivity index (χ1v) is 7.44. The molecular formula is C13H17Br2NO. The molecule has 1 aromatic carbocycles. The number of aryl methyl sites for hydroxylation is 1. The number of rotatable bonds is 5. The van der Waals surface area contributed by atoms with Gasteiger partial charge in [0.2, 0.25) is 0 Å². The Morgan fingerprint density at radius 1 is 1.47 bits per heavy atom. The molecule has 0 bridgehead atoms. The van der Waals surface area contributed by atoms with Crippen molar-refractivity contribution in [3.8, 4) is 0 Å². The van der Waals surface area contributed by atoms with E-state index in [4.69, 9.17) is 0 Å². The van der Waals surface area contributed by atoms with Gasteiger partial charge in [-0.1, -0.05) is 41.4 Å². The highest BCUT2D eigenvalue weighted by molar-refractivity contribution is 9.10. The van der Waals surface area contributed by atoms with Crippen LogP contribution in [0, 0.1) is 6.92 Å². The average molecular weight is 363 g/mol. The van der Waals surface area contributed by atoms with Crippen molar-refractivity contribution in [2.45, 2.75) is 31.5 Å². The molecule has 1 unspecified atom stereocenters. The average Bonchev–Trinajstić information content (AvgIpc) is 2.30. The molecule has 0 heterocycles. The second-order valence-corrected chi connectivity index (χ2v) is 6.12. The van der Waals surface area contributed by atoms with Gasteiger partial charge in [-0.15, -0.1) is 0 Å². The van der Waals surface area contributed by atoms with Crippen molar-refractivity contribution in [3.05, 3.63) is 33.8 Å². The van der Waals surface area contributed by atoms with Crippen LogP contribution in [-0.2, 0) is 0 Å². The van der Waals surface area contributed by atoms with Crippen molar-refractivity contribution in [1.82, 2.24) is 5.32 Å². The largest absolute Gasteiger partial charge is 0.351 e. The van der Waals surface area contributed by atoms with Gasteiger partial charge in [-0.25, -0.2) is 0 Å². The molecule has 17 heavy (non-hydrogen) atoms. The van der Waals surface area contributed by atoms with Gasteiger partial charge in [0.25, 0.3) is 5.91 Å². The van der Waals surface area contributed by atoms with Gasteiger partial charge in [0, 0.05) is 15.8 Å². The summed E-state index contributed by atoms with van der Waals surface area (Å²) in [5, 5.41) is 2.94. The van der Waals surface area contributed by atoms with E-state index in [0.29, 0.717) is 16.9 Å². The molecule has 0 aliphatic rings. The maximum atomic E-state index is 12.0. The zero-order valence-electron chi connectivity index (χ0n) is 10.1. The number of carbonyl (C=O) groups is 1. The molecule has 0 saturated carbocycles. The maximum Gasteiger partial charge on any atom is 0.252 e.